The molecule has 1 atom stereocenters. The third-order valence-electron chi connectivity index (χ3n) is 6.35. The molecule has 2 aliphatic rings. The maximum atomic E-state index is 13.1. The molecule has 6 nitrogen and oxygen atoms in total. The highest BCUT2D eigenvalue weighted by molar-refractivity contribution is 5.94. The van der Waals surface area contributed by atoms with Gasteiger partial charge in [-0.05, 0) is 44.6 Å². The highest BCUT2D eigenvalue weighted by Gasteiger charge is 2.33. The van der Waals surface area contributed by atoms with E-state index in [-0.39, 0.29) is 12.5 Å². The first-order chi connectivity index (χ1) is 14.2. The standard InChI is InChI=1S/C23H32N4O2/c1-2-27-21-11-10-19(26(14-15-28)17-18-8-4-3-5-9-18)16-20(21)22(24-27)23(29)25-12-6-7-13-25/h3-5,8-9,19,28H,2,6-7,10-17H2,1H3. The molecular formula is C23H32N4O2. The molecule has 0 bridgehead atoms. The summed E-state index contributed by atoms with van der Waals surface area (Å²) >= 11 is 0. The van der Waals surface area contributed by atoms with Gasteiger partial charge >= 0.3 is 0 Å². The van der Waals surface area contributed by atoms with Crippen molar-refractivity contribution in [3.63, 3.8) is 0 Å². The Kier molecular flexibility index (Phi) is 6.31. The maximum absolute atomic E-state index is 13.1. The van der Waals surface area contributed by atoms with E-state index in [0.717, 1.165) is 63.8 Å². The van der Waals surface area contributed by atoms with Crippen LogP contribution in [0.1, 0.15) is 53.5 Å². The lowest BCUT2D eigenvalue weighted by atomic mass is 9.89. The summed E-state index contributed by atoms with van der Waals surface area (Å²) in [6, 6.07) is 10.7. The first-order valence-electron chi connectivity index (χ1n) is 11.0. The van der Waals surface area contributed by atoms with Crippen LogP contribution in [-0.2, 0) is 25.9 Å². The summed E-state index contributed by atoms with van der Waals surface area (Å²) in [4.78, 5) is 17.5. The summed E-state index contributed by atoms with van der Waals surface area (Å²) in [6.07, 6.45) is 4.98. The minimum absolute atomic E-state index is 0.100. The van der Waals surface area contributed by atoms with Crippen LogP contribution in [0.25, 0.3) is 0 Å². The molecule has 1 aromatic heterocycles. The van der Waals surface area contributed by atoms with Crippen molar-refractivity contribution >= 4 is 5.91 Å². The van der Waals surface area contributed by atoms with Crippen LogP contribution in [0, 0.1) is 0 Å². The fourth-order valence-corrected chi connectivity index (χ4v) is 4.82. The quantitative estimate of drug-likeness (QED) is 0.781. The van der Waals surface area contributed by atoms with E-state index in [1.54, 1.807) is 0 Å². The molecule has 1 saturated heterocycles. The van der Waals surface area contributed by atoms with E-state index >= 15 is 0 Å². The van der Waals surface area contributed by atoms with Crippen molar-refractivity contribution in [2.24, 2.45) is 0 Å². The monoisotopic (exact) mass is 396 g/mol. The summed E-state index contributed by atoms with van der Waals surface area (Å²) in [5.41, 5.74) is 4.28. The van der Waals surface area contributed by atoms with Crippen molar-refractivity contribution in [2.75, 3.05) is 26.2 Å². The number of fused-ring (bicyclic) bond motifs is 1. The van der Waals surface area contributed by atoms with Crippen LogP contribution in [0.3, 0.4) is 0 Å². The molecule has 2 aromatic rings. The summed E-state index contributed by atoms with van der Waals surface area (Å²) in [5, 5.41) is 14.4. The molecule has 1 aromatic carbocycles. The molecule has 156 valence electrons. The predicted molar refractivity (Wildman–Crippen MR) is 113 cm³/mol. The average molecular weight is 397 g/mol. The van der Waals surface area contributed by atoms with Crippen molar-refractivity contribution < 1.29 is 9.90 Å². The molecule has 2 heterocycles. The molecule has 6 heteroatoms. The smallest absolute Gasteiger partial charge is 0.274 e. The third-order valence-corrected chi connectivity index (χ3v) is 6.35. The fraction of sp³-hybridized carbons (Fsp3) is 0.565. The van der Waals surface area contributed by atoms with Gasteiger partial charge in [0.2, 0.25) is 0 Å². The number of aliphatic hydroxyl groups excluding tert-OH is 1. The van der Waals surface area contributed by atoms with E-state index in [4.69, 9.17) is 5.10 Å². The zero-order chi connectivity index (χ0) is 20.2. The van der Waals surface area contributed by atoms with Crippen LogP contribution in [0.5, 0.6) is 0 Å². The molecule has 29 heavy (non-hydrogen) atoms. The Labute approximate surface area is 173 Å². The second-order valence-corrected chi connectivity index (χ2v) is 8.17. The summed E-state index contributed by atoms with van der Waals surface area (Å²) in [7, 11) is 0. The first kappa shape index (κ1) is 20.1. The minimum atomic E-state index is 0.100. The van der Waals surface area contributed by atoms with Crippen molar-refractivity contribution in [1.29, 1.82) is 0 Å². The maximum Gasteiger partial charge on any atom is 0.274 e. The summed E-state index contributed by atoms with van der Waals surface area (Å²) in [5.74, 6) is 0.100. The lowest BCUT2D eigenvalue weighted by Gasteiger charge is -2.34. The zero-order valence-electron chi connectivity index (χ0n) is 17.4. The van der Waals surface area contributed by atoms with Gasteiger partial charge in [-0.15, -0.1) is 0 Å². The van der Waals surface area contributed by atoms with Crippen LogP contribution < -0.4 is 0 Å². The zero-order valence-corrected chi connectivity index (χ0v) is 17.4. The van der Waals surface area contributed by atoms with Crippen LogP contribution in [-0.4, -0.2) is 62.9 Å². The molecule has 1 N–H and O–H groups in total. The van der Waals surface area contributed by atoms with Gasteiger partial charge in [-0.25, -0.2) is 0 Å². The third kappa shape index (κ3) is 4.23. The van der Waals surface area contributed by atoms with Crippen LogP contribution in [0.2, 0.25) is 0 Å². The Bertz CT molecular complexity index is 827. The summed E-state index contributed by atoms with van der Waals surface area (Å²) < 4.78 is 2.03. The lowest BCUT2D eigenvalue weighted by molar-refractivity contribution is 0.0783. The van der Waals surface area contributed by atoms with Gasteiger partial charge < -0.3 is 10.0 Å². The Balaban J connectivity index is 1.58. The average Bonchev–Trinajstić information content (AvgIpc) is 3.41. The number of hydrogen-bond acceptors (Lipinski definition) is 4. The molecule has 0 radical (unpaired) electrons. The van der Waals surface area contributed by atoms with Gasteiger partial charge in [0.25, 0.3) is 5.91 Å². The van der Waals surface area contributed by atoms with Crippen LogP contribution in [0.15, 0.2) is 30.3 Å². The topological polar surface area (TPSA) is 61.6 Å². The Morgan fingerprint density at radius 1 is 1.24 bits per heavy atom. The Hall–Kier alpha value is -2.18. The van der Waals surface area contributed by atoms with Crippen molar-refractivity contribution in [1.82, 2.24) is 19.6 Å². The van der Waals surface area contributed by atoms with Gasteiger partial charge in [-0.3, -0.25) is 14.4 Å². The van der Waals surface area contributed by atoms with Gasteiger partial charge in [0.05, 0.1) is 6.61 Å². The number of carbonyl (C=O) groups is 1. The van der Waals surface area contributed by atoms with E-state index < -0.39 is 0 Å². The van der Waals surface area contributed by atoms with E-state index in [9.17, 15) is 9.90 Å². The molecule has 0 saturated carbocycles. The number of benzene rings is 1. The molecule has 1 unspecified atom stereocenters. The van der Waals surface area contributed by atoms with Gasteiger partial charge in [0.1, 0.15) is 0 Å². The minimum Gasteiger partial charge on any atom is -0.395 e. The van der Waals surface area contributed by atoms with Gasteiger partial charge in [-0.1, -0.05) is 30.3 Å². The number of aromatic nitrogens is 2. The SMILES string of the molecule is CCn1nc(C(=O)N2CCCC2)c2c1CCC(N(CCO)Cc1ccccc1)C2. The van der Waals surface area contributed by atoms with Crippen LogP contribution in [0.4, 0.5) is 0 Å². The number of likely N-dealkylation sites (tertiary alicyclic amines) is 1. The Morgan fingerprint density at radius 2 is 2.00 bits per heavy atom. The number of amides is 1. The fourth-order valence-electron chi connectivity index (χ4n) is 4.82. The molecule has 1 fully saturated rings. The largest absolute Gasteiger partial charge is 0.395 e. The van der Waals surface area contributed by atoms with Crippen LogP contribution >= 0.6 is 0 Å². The van der Waals surface area contributed by atoms with Crippen molar-refractivity contribution in [2.45, 2.75) is 58.2 Å². The molecular weight excluding hydrogens is 364 g/mol. The van der Waals surface area contributed by atoms with E-state index in [0.29, 0.717) is 18.3 Å². The number of nitrogens with zero attached hydrogens (tertiary/aromatic N) is 4. The number of aryl methyl sites for hydroxylation is 1. The number of hydrogen-bond donors (Lipinski definition) is 1. The molecule has 4 rings (SSSR count). The Morgan fingerprint density at radius 3 is 2.69 bits per heavy atom. The highest BCUT2D eigenvalue weighted by Crippen LogP contribution is 2.29. The van der Waals surface area contributed by atoms with E-state index in [1.807, 2.05) is 15.6 Å². The normalized spacial score (nSPS) is 19.0. The molecule has 1 aliphatic carbocycles. The first-order valence-corrected chi connectivity index (χ1v) is 11.0. The van der Waals surface area contributed by atoms with Gasteiger partial charge in [0, 0.05) is 50.0 Å². The second kappa shape index (κ2) is 9.09. The summed E-state index contributed by atoms with van der Waals surface area (Å²) in [6.45, 7) is 6.19. The second-order valence-electron chi connectivity index (χ2n) is 8.17. The predicted octanol–water partition coefficient (Wildman–Crippen LogP) is 2.49. The number of carbonyl (C=O) groups excluding carboxylic acids is 1. The van der Waals surface area contributed by atoms with Crippen molar-refractivity contribution in [3.05, 3.63) is 52.8 Å². The van der Waals surface area contributed by atoms with Gasteiger partial charge in [-0.2, -0.15) is 5.10 Å². The van der Waals surface area contributed by atoms with E-state index in [1.165, 1.54) is 11.3 Å². The molecule has 1 aliphatic heterocycles. The number of rotatable bonds is 7. The molecule has 1 amide bonds. The lowest BCUT2D eigenvalue weighted by Crippen LogP contribution is -2.41. The number of aliphatic hydroxyl groups is 1. The molecule has 0 spiro atoms. The highest BCUT2D eigenvalue weighted by atomic mass is 16.3. The van der Waals surface area contributed by atoms with E-state index in [2.05, 4.69) is 36.1 Å². The van der Waals surface area contributed by atoms with Crippen molar-refractivity contribution in [3.8, 4) is 0 Å². The van der Waals surface area contributed by atoms with Gasteiger partial charge in [0.15, 0.2) is 5.69 Å².